The molecule has 106 valence electrons. The van der Waals surface area contributed by atoms with E-state index < -0.39 is 0 Å². The van der Waals surface area contributed by atoms with E-state index in [1.165, 1.54) is 0 Å². The Morgan fingerprint density at radius 3 is 2.00 bits per heavy atom. The van der Waals surface area contributed by atoms with Crippen molar-refractivity contribution in [2.24, 2.45) is 16.7 Å². The molecule has 0 radical (unpaired) electrons. The van der Waals surface area contributed by atoms with Gasteiger partial charge < -0.3 is 10.6 Å². The number of carbonyl (C=O) groups is 1. The molecular formula is C15H30N2O. The number of amides is 1. The van der Waals surface area contributed by atoms with Crippen LogP contribution in [0, 0.1) is 16.7 Å². The van der Waals surface area contributed by atoms with E-state index >= 15 is 0 Å². The van der Waals surface area contributed by atoms with Gasteiger partial charge in [0.05, 0.1) is 6.04 Å². The van der Waals surface area contributed by atoms with Crippen LogP contribution in [-0.2, 0) is 4.79 Å². The molecule has 2 N–H and O–H groups in total. The average Bonchev–Trinajstić information content (AvgIpc) is 2.60. The lowest BCUT2D eigenvalue weighted by Crippen LogP contribution is -2.45. The fourth-order valence-electron chi connectivity index (χ4n) is 2.58. The van der Waals surface area contributed by atoms with Gasteiger partial charge in [-0.25, -0.2) is 0 Å². The second-order valence-electron chi connectivity index (χ2n) is 7.24. The molecule has 0 spiro atoms. The molecule has 1 unspecified atom stereocenters. The largest absolute Gasteiger partial charge is 0.355 e. The second-order valence-corrected chi connectivity index (χ2v) is 7.24. The molecule has 0 heterocycles. The summed E-state index contributed by atoms with van der Waals surface area (Å²) in [7, 11) is 0. The maximum absolute atomic E-state index is 11.9. The summed E-state index contributed by atoms with van der Waals surface area (Å²) >= 11 is 0. The third-order valence-electron chi connectivity index (χ3n) is 4.85. The molecule has 0 aliphatic heterocycles. The minimum absolute atomic E-state index is 0.108. The first kappa shape index (κ1) is 15.5. The zero-order valence-corrected chi connectivity index (χ0v) is 13.1. The molecule has 0 aromatic heterocycles. The monoisotopic (exact) mass is 254 g/mol. The van der Waals surface area contributed by atoms with E-state index in [1.807, 2.05) is 6.92 Å². The van der Waals surface area contributed by atoms with Gasteiger partial charge >= 0.3 is 0 Å². The molecule has 1 rings (SSSR count). The Morgan fingerprint density at radius 2 is 1.61 bits per heavy atom. The zero-order chi connectivity index (χ0) is 14.1. The van der Waals surface area contributed by atoms with E-state index in [0.717, 1.165) is 13.0 Å². The van der Waals surface area contributed by atoms with Crippen molar-refractivity contribution < 1.29 is 4.79 Å². The van der Waals surface area contributed by atoms with Crippen LogP contribution in [-0.4, -0.2) is 24.5 Å². The van der Waals surface area contributed by atoms with Crippen molar-refractivity contribution in [3.8, 4) is 0 Å². The Hall–Kier alpha value is -0.570. The highest BCUT2D eigenvalue weighted by Gasteiger charge is 2.64. The smallest absolute Gasteiger partial charge is 0.236 e. The van der Waals surface area contributed by atoms with Gasteiger partial charge in [-0.05, 0) is 30.1 Å². The lowest BCUT2D eigenvalue weighted by molar-refractivity contribution is -0.122. The molecule has 0 aromatic rings. The average molecular weight is 254 g/mol. The molecule has 1 amide bonds. The van der Waals surface area contributed by atoms with Gasteiger partial charge in [-0.1, -0.05) is 41.5 Å². The van der Waals surface area contributed by atoms with E-state index in [0.29, 0.717) is 12.0 Å². The Bertz CT molecular complexity index is 294. The van der Waals surface area contributed by atoms with E-state index in [4.69, 9.17) is 0 Å². The topological polar surface area (TPSA) is 41.1 Å². The molecule has 18 heavy (non-hydrogen) atoms. The quantitative estimate of drug-likeness (QED) is 0.765. The van der Waals surface area contributed by atoms with Crippen LogP contribution in [0.3, 0.4) is 0 Å². The molecule has 3 heteroatoms. The van der Waals surface area contributed by atoms with Crippen LogP contribution in [0.15, 0.2) is 0 Å². The fourth-order valence-corrected chi connectivity index (χ4v) is 2.58. The molecule has 3 nitrogen and oxygen atoms in total. The molecule has 1 aliphatic rings. The number of rotatable bonds is 6. The first-order valence-corrected chi connectivity index (χ1v) is 7.14. The van der Waals surface area contributed by atoms with Crippen molar-refractivity contribution in [3.63, 3.8) is 0 Å². The Morgan fingerprint density at radius 1 is 1.11 bits per heavy atom. The summed E-state index contributed by atoms with van der Waals surface area (Å²) in [5, 5.41) is 6.46. The van der Waals surface area contributed by atoms with Crippen LogP contribution < -0.4 is 10.6 Å². The van der Waals surface area contributed by atoms with Crippen molar-refractivity contribution in [1.29, 1.82) is 0 Å². The maximum Gasteiger partial charge on any atom is 0.236 e. The summed E-state index contributed by atoms with van der Waals surface area (Å²) in [6.07, 6.45) is 1.04. The van der Waals surface area contributed by atoms with E-state index in [1.54, 1.807) is 0 Å². The zero-order valence-electron chi connectivity index (χ0n) is 13.1. The highest BCUT2D eigenvalue weighted by molar-refractivity contribution is 5.81. The summed E-state index contributed by atoms with van der Waals surface area (Å²) in [5.74, 6) is 0.754. The van der Waals surface area contributed by atoms with Gasteiger partial charge in [0.2, 0.25) is 5.91 Å². The van der Waals surface area contributed by atoms with Crippen LogP contribution in [0.1, 0.15) is 54.9 Å². The second kappa shape index (κ2) is 5.20. The van der Waals surface area contributed by atoms with Crippen LogP contribution in [0.2, 0.25) is 0 Å². The van der Waals surface area contributed by atoms with E-state index in [-0.39, 0.29) is 22.8 Å². The van der Waals surface area contributed by atoms with Crippen molar-refractivity contribution in [1.82, 2.24) is 10.6 Å². The molecule has 0 aromatic carbocycles. The Kier molecular flexibility index (Phi) is 4.47. The number of carbonyl (C=O) groups excluding carboxylic acids is 1. The van der Waals surface area contributed by atoms with Gasteiger partial charge in [-0.15, -0.1) is 0 Å². The van der Waals surface area contributed by atoms with Gasteiger partial charge in [0.1, 0.15) is 0 Å². The van der Waals surface area contributed by atoms with E-state index in [2.05, 4.69) is 52.2 Å². The molecule has 1 fully saturated rings. The first-order chi connectivity index (χ1) is 8.10. The number of hydrogen-bond donors (Lipinski definition) is 2. The van der Waals surface area contributed by atoms with Crippen LogP contribution in [0.25, 0.3) is 0 Å². The molecular weight excluding hydrogens is 224 g/mol. The lowest BCUT2D eigenvalue weighted by Gasteiger charge is -2.16. The van der Waals surface area contributed by atoms with Gasteiger partial charge in [0.25, 0.3) is 0 Å². The highest BCUT2D eigenvalue weighted by atomic mass is 16.2. The van der Waals surface area contributed by atoms with Gasteiger partial charge in [-0.2, -0.15) is 0 Å². The van der Waals surface area contributed by atoms with Crippen molar-refractivity contribution in [2.75, 3.05) is 6.54 Å². The number of nitrogens with one attached hydrogen (secondary N) is 2. The van der Waals surface area contributed by atoms with Gasteiger partial charge in [0, 0.05) is 12.6 Å². The molecule has 0 bridgehead atoms. The lowest BCUT2D eigenvalue weighted by atomic mass is 10.0. The number of hydrogen-bond acceptors (Lipinski definition) is 2. The molecule has 1 atom stereocenters. The van der Waals surface area contributed by atoms with E-state index in [9.17, 15) is 4.79 Å². The third-order valence-corrected chi connectivity index (χ3v) is 4.85. The predicted molar refractivity (Wildman–Crippen MR) is 76.4 cm³/mol. The summed E-state index contributed by atoms with van der Waals surface area (Å²) in [6.45, 7) is 16.1. The van der Waals surface area contributed by atoms with Crippen LogP contribution >= 0.6 is 0 Å². The summed E-state index contributed by atoms with van der Waals surface area (Å²) < 4.78 is 0. The molecule has 1 aliphatic carbocycles. The third kappa shape index (κ3) is 3.05. The summed E-state index contributed by atoms with van der Waals surface area (Å²) in [5.41, 5.74) is 0.555. The standard InChI is InChI=1S/C15H30N2O/c1-10(2)8-9-16-12(18)11(3)17-13-14(4,5)15(13,6)7/h10-11,13,17H,8-9H2,1-7H3,(H,16,18). The normalized spacial score (nSPS) is 22.9. The van der Waals surface area contributed by atoms with Gasteiger partial charge in [0.15, 0.2) is 0 Å². The Balaban J connectivity index is 2.34. The SMILES string of the molecule is CC(C)CCNC(=O)C(C)NC1C(C)(C)C1(C)C. The van der Waals surface area contributed by atoms with Crippen molar-refractivity contribution in [3.05, 3.63) is 0 Å². The highest BCUT2D eigenvalue weighted by Crippen LogP contribution is 2.62. The van der Waals surface area contributed by atoms with Gasteiger partial charge in [-0.3, -0.25) is 4.79 Å². The maximum atomic E-state index is 11.9. The molecule has 1 saturated carbocycles. The minimum atomic E-state index is -0.108. The Labute approximate surface area is 112 Å². The predicted octanol–water partition coefficient (Wildman–Crippen LogP) is 2.56. The summed E-state index contributed by atoms with van der Waals surface area (Å²) in [4.78, 5) is 11.9. The fraction of sp³-hybridized carbons (Fsp3) is 0.933. The minimum Gasteiger partial charge on any atom is -0.355 e. The molecule has 0 saturated heterocycles. The summed E-state index contributed by atoms with van der Waals surface area (Å²) in [6, 6.07) is 0.319. The van der Waals surface area contributed by atoms with Crippen molar-refractivity contribution >= 4 is 5.91 Å². The van der Waals surface area contributed by atoms with Crippen LogP contribution in [0.4, 0.5) is 0 Å². The first-order valence-electron chi connectivity index (χ1n) is 7.14. The van der Waals surface area contributed by atoms with Crippen LogP contribution in [0.5, 0.6) is 0 Å². The van der Waals surface area contributed by atoms with Crippen molar-refractivity contribution in [2.45, 2.75) is 67.0 Å².